The summed E-state index contributed by atoms with van der Waals surface area (Å²) in [5.41, 5.74) is 4.47. The molecule has 0 aliphatic carbocycles. The van der Waals surface area contributed by atoms with Crippen LogP contribution in [-0.2, 0) is 0 Å². The molecule has 0 amide bonds. The summed E-state index contributed by atoms with van der Waals surface area (Å²) in [6, 6.07) is 11.7. The van der Waals surface area contributed by atoms with Gasteiger partial charge in [0.1, 0.15) is 0 Å². The van der Waals surface area contributed by atoms with Crippen molar-refractivity contribution in [3.8, 4) is 22.8 Å². The van der Waals surface area contributed by atoms with Gasteiger partial charge in [-0.15, -0.1) is 0 Å². The zero-order chi connectivity index (χ0) is 16.6. The largest absolute Gasteiger partial charge is 0.493 e. The van der Waals surface area contributed by atoms with Gasteiger partial charge < -0.3 is 14.5 Å². The van der Waals surface area contributed by atoms with E-state index in [9.17, 15) is 4.79 Å². The fraction of sp³-hybridized carbons (Fsp3) is 0.211. The lowest BCUT2D eigenvalue weighted by Crippen LogP contribution is -1.95. The third-order valence-corrected chi connectivity index (χ3v) is 3.98. The Morgan fingerprint density at radius 2 is 1.74 bits per heavy atom. The first kappa shape index (κ1) is 15.2. The summed E-state index contributed by atoms with van der Waals surface area (Å²) >= 11 is 0. The number of aryl methyl sites for hydroxylation is 1. The van der Waals surface area contributed by atoms with Crippen LogP contribution in [0.15, 0.2) is 36.4 Å². The Labute approximate surface area is 135 Å². The van der Waals surface area contributed by atoms with E-state index in [0.717, 1.165) is 27.7 Å². The quantitative estimate of drug-likeness (QED) is 0.728. The van der Waals surface area contributed by atoms with Crippen LogP contribution in [0.25, 0.3) is 22.2 Å². The van der Waals surface area contributed by atoms with E-state index in [-0.39, 0.29) is 5.78 Å². The van der Waals surface area contributed by atoms with Crippen LogP contribution < -0.4 is 9.47 Å². The average Bonchev–Trinajstić information content (AvgIpc) is 2.92. The molecule has 0 fully saturated rings. The van der Waals surface area contributed by atoms with Crippen molar-refractivity contribution in [2.24, 2.45) is 0 Å². The summed E-state index contributed by atoms with van der Waals surface area (Å²) in [4.78, 5) is 15.6. The van der Waals surface area contributed by atoms with Gasteiger partial charge in [-0.25, -0.2) is 0 Å². The Morgan fingerprint density at radius 1 is 1.00 bits per heavy atom. The van der Waals surface area contributed by atoms with E-state index >= 15 is 0 Å². The summed E-state index contributed by atoms with van der Waals surface area (Å²) in [6.07, 6.45) is 0. The van der Waals surface area contributed by atoms with Crippen LogP contribution in [0.4, 0.5) is 0 Å². The molecule has 1 aromatic heterocycles. The van der Waals surface area contributed by atoms with Crippen LogP contribution in [0.1, 0.15) is 22.8 Å². The fourth-order valence-electron chi connectivity index (χ4n) is 2.88. The molecular weight excluding hydrogens is 290 g/mol. The van der Waals surface area contributed by atoms with E-state index in [1.807, 2.05) is 43.3 Å². The number of ether oxygens (including phenoxy) is 2. The minimum absolute atomic E-state index is 0.0339. The first-order chi connectivity index (χ1) is 11.0. The van der Waals surface area contributed by atoms with Crippen LogP contribution in [0.5, 0.6) is 11.5 Å². The molecule has 0 radical (unpaired) electrons. The first-order valence-corrected chi connectivity index (χ1v) is 7.40. The molecule has 4 nitrogen and oxygen atoms in total. The van der Waals surface area contributed by atoms with Gasteiger partial charge in [-0.05, 0) is 44.2 Å². The van der Waals surface area contributed by atoms with Crippen LogP contribution in [0.3, 0.4) is 0 Å². The Morgan fingerprint density at radius 3 is 2.39 bits per heavy atom. The van der Waals surface area contributed by atoms with Gasteiger partial charge in [0.05, 0.1) is 25.5 Å². The van der Waals surface area contributed by atoms with Crippen molar-refractivity contribution in [3.05, 3.63) is 47.5 Å². The van der Waals surface area contributed by atoms with Crippen molar-refractivity contribution in [1.29, 1.82) is 0 Å². The molecular formula is C19H19NO3. The lowest BCUT2D eigenvalue weighted by molar-refractivity contribution is 0.102. The van der Waals surface area contributed by atoms with Gasteiger partial charge in [-0.2, -0.15) is 0 Å². The third-order valence-electron chi connectivity index (χ3n) is 3.98. The smallest absolute Gasteiger partial charge is 0.162 e. The van der Waals surface area contributed by atoms with Gasteiger partial charge in [0.2, 0.25) is 0 Å². The van der Waals surface area contributed by atoms with Gasteiger partial charge >= 0.3 is 0 Å². The zero-order valence-electron chi connectivity index (χ0n) is 13.7. The highest BCUT2D eigenvalue weighted by molar-refractivity contribution is 6.12. The highest BCUT2D eigenvalue weighted by Gasteiger charge is 2.18. The van der Waals surface area contributed by atoms with Gasteiger partial charge in [0, 0.05) is 16.5 Å². The first-order valence-electron chi connectivity index (χ1n) is 7.40. The minimum Gasteiger partial charge on any atom is -0.493 e. The molecule has 0 aliphatic rings. The SMILES string of the molecule is COc1ccc(-c2[nH]c3ccc(C)cc3c2C(C)=O)cc1OC. The molecule has 3 aromatic rings. The van der Waals surface area contributed by atoms with Gasteiger partial charge in [0.15, 0.2) is 17.3 Å². The van der Waals surface area contributed by atoms with Gasteiger partial charge in [-0.3, -0.25) is 4.79 Å². The predicted molar refractivity (Wildman–Crippen MR) is 91.6 cm³/mol. The molecule has 0 saturated heterocycles. The molecule has 0 saturated carbocycles. The number of methoxy groups -OCH3 is 2. The molecule has 2 aromatic carbocycles. The number of carbonyl (C=O) groups is 1. The minimum atomic E-state index is 0.0339. The van der Waals surface area contributed by atoms with E-state index < -0.39 is 0 Å². The zero-order valence-corrected chi connectivity index (χ0v) is 13.7. The van der Waals surface area contributed by atoms with Crippen molar-refractivity contribution >= 4 is 16.7 Å². The number of H-pyrrole nitrogens is 1. The number of aromatic amines is 1. The molecule has 0 bridgehead atoms. The van der Waals surface area contributed by atoms with E-state index in [4.69, 9.17) is 9.47 Å². The number of hydrogen-bond donors (Lipinski definition) is 1. The number of aromatic nitrogens is 1. The Balaban J connectivity index is 2.27. The second-order valence-corrected chi connectivity index (χ2v) is 5.55. The molecule has 4 heteroatoms. The van der Waals surface area contributed by atoms with Crippen LogP contribution in [0.2, 0.25) is 0 Å². The summed E-state index contributed by atoms with van der Waals surface area (Å²) in [5, 5.41) is 0.947. The second kappa shape index (κ2) is 5.80. The van der Waals surface area contributed by atoms with E-state index in [2.05, 4.69) is 4.98 Å². The molecule has 3 rings (SSSR count). The molecule has 23 heavy (non-hydrogen) atoms. The molecule has 1 N–H and O–H groups in total. The van der Waals surface area contributed by atoms with Crippen molar-refractivity contribution < 1.29 is 14.3 Å². The highest BCUT2D eigenvalue weighted by atomic mass is 16.5. The van der Waals surface area contributed by atoms with Crippen LogP contribution in [-0.4, -0.2) is 25.0 Å². The standard InChI is InChI=1S/C19H19NO3/c1-11-5-7-15-14(9-11)18(12(2)21)19(20-15)13-6-8-16(22-3)17(10-13)23-4/h5-10,20H,1-4H3. The van der Waals surface area contributed by atoms with Crippen molar-refractivity contribution in [1.82, 2.24) is 4.98 Å². The van der Waals surface area contributed by atoms with Crippen LogP contribution >= 0.6 is 0 Å². The van der Waals surface area contributed by atoms with Crippen LogP contribution in [0, 0.1) is 6.92 Å². The normalized spacial score (nSPS) is 10.8. The lowest BCUT2D eigenvalue weighted by atomic mass is 10.0. The molecule has 0 spiro atoms. The Bertz CT molecular complexity index is 893. The van der Waals surface area contributed by atoms with Gasteiger partial charge in [-0.1, -0.05) is 11.6 Å². The number of nitrogens with one attached hydrogen (secondary N) is 1. The number of Topliss-reactive ketones (excluding diaryl/α,β-unsaturated/α-hetero) is 1. The van der Waals surface area contributed by atoms with Crippen molar-refractivity contribution in [3.63, 3.8) is 0 Å². The second-order valence-electron chi connectivity index (χ2n) is 5.55. The maximum absolute atomic E-state index is 12.2. The van der Waals surface area contributed by atoms with E-state index in [1.54, 1.807) is 21.1 Å². The molecule has 118 valence electrons. The maximum atomic E-state index is 12.2. The van der Waals surface area contributed by atoms with Crippen molar-refractivity contribution in [2.45, 2.75) is 13.8 Å². The molecule has 0 atom stereocenters. The summed E-state index contributed by atoms with van der Waals surface area (Å²) in [7, 11) is 3.20. The number of rotatable bonds is 4. The number of hydrogen-bond acceptors (Lipinski definition) is 3. The average molecular weight is 309 g/mol. The summed E-state index contributed by atoms with van der Waals surface area (Å²) in [6.45, 7) is 3.61. The number of carbonyl (C=O) groups excluding carboxylic acids is 1. The molecule has 0 unspecified atom stereocenters. The lowest BCUT2D eigenvalue weighted by Gasteiger charge is -2.09. The molecule has 0 aliphatic heterocycles. The molecule has 1 heterocycles. The van der Waals surface area contributed by atoms with E-state index in [0.29, 0.717) is 17.1 Å². The third kappa shape index (κ3) is 2.57. The Hall–Kier alpha value is -2.75. The van der Waals surface area contributed by atoms with Gasteiger partial charge in [0.25, 0.3) is 0 Å². The fourth-order valence-corrected chi connectivity index (χ4v) is 2.88. The number of fused-ring (bicyclic) bond motifs is 1. The van der Waals surface area contributed by atoms with Crippen molar-refractivity contribution in [2.75, 3.05) is 14.2 Å². The number of ketones is 1. The Kier molecular flexibility index (Phi) is 3.82. The highest BCUT2D eigenvalue weighted by Crippen LogP contribution is 2.36. The maximum Gasteiger partial charge on any atom is 0.162 e. The summed E-state index contributed by atoms with van der Waals surface area (Å²) < 4.78 is 10.6. The predicted octanol–water partition coefficient (Wildman–Crippen LogP) is 4.36. The topological polar surface area (TPSA) is 51.3 Å². The summed E-state index contributed by atoms with van der Waals surface area (Å²) in [5.74, 6) is 1.33. The number of benzene rings is 2. The van der Waals surface area contributed by atoms with E-state index in [1.165, 1.54) is 0 Å². The monoisotopic (exact) mass is 309 g/mol.